The van der Waals surface area contributed by atoms with Gasteiger partial charge in [0.25, 0.3) is 0 Å². The number of rotatable bonds is 2. The number of carbonyl (C=O) groups excluding carboxylic acids is 1. The number of thiol groups is 1. The van der Waals surface area contributed by atoms with Crippen LogP contribution in [0, 0.1) is 0 Å². The maximum atomic E-state index is 10.6. The molecule has 0 heterocycles. The number of aliphatic hydroxyl groups excluding tert-OH is 1. The highest BCUT2D eigenvalue weighted by Crippen LogP contribution is 2.13. The summed E-state index contributed by atoms with van der Waals surface area (Å²) in [5.74, 6) is 0. The van der Waals surface area contributed by atoms with Crippen LogP contribution < -0.4 is 0 Å². The number of hydrogen-bond donors (Lipinski definition) is 2. The Labute approximate surface area is 70.3 Å². The van der Waals surface area contributed by atoms with E-state index in [1.807, 2.05) is 6.07 Å². The first-order valence-electron chi connectivity index (χ1n) is 3.17. The van der Waals surface area contributed by atoms with Crippen LogP contribution in [-0.4, -0.2) is 10.2 Å². The van der Waals surface area contributed by atoms with Gasteiger partial charge >= 0.3 is 0 Å². The van der Waals surface area contributed by atoms with E-state index in [1.165, 1.54) is 0 Å². The third-order valence-electron chi connectivity index (χ3n) is 1.35. The fourth-order valence-electron chi connectivity index (χ4n) is 0.778. The number of hydrogen-bond acceptors (Lipinski definition) is 2. The van der Waals surface area contributed by atoms with E-state index in [2.05, 4.69) is 12.6 Å². The summed E-state index contributed by atoms with van der Waals surface area (Å²) in [6.45, 7) is 0. The smallest absolute Gasteiger partial charge is 0.218 e. The lowest BCUT2D eigenvalue weighted by Gasteiger charge is -2.04. The van der Waals surface area contributed by atoms with E-state index in [9.17, 15) is 9.90 Å². The Morgan fingerprint density at radius 2 is 1.91 bits per heavy atom. The summed E-state index contributed by atoms with van der Waals surface area (Å²) < 4.78 is 0. The Hall–Kier alpha value is -0.800. The third-order valence-corrected chi connectivity index (χ3v) is 1.59. The van der Waals surface area contributed by atoms with Crippen molar-refractivity contribution in [2.75, 3.05) is 0 Å². The summed E-state index contributed by atoms with van der Waals surface area (Å²) in [7, 11) is 0. The molecule has 1 atom stereocenters. The van der Waals surface area contributed by atoms with Crippen LogP contribution in [0.15, 0.2) is 30.3 Å². The van der Waals surface area contributed by atoms with Crippen molar-refractivity contribution >= 4 is 17.7 Å². The average molecular weight is 168 g/mol. The zero-order valence-electron chi connectivity index (χ0n) is 5.77. The van der Waals surface area contributed by atoms with Crippen molar-refractivity contribution in [2.24, 2.45) is 0 Å². The molecule has 0 fully saturated rings. The van der Waals surface area contributed by atoms with Gasteiger partial charge in [-0.25, -0.2) is 0 Å². The van der Waals surface area contributed by atoms with Crippen molar-refractivity contribution in [2.45, 2.75) is 6.10 Å². The summed E-state index contributed by atoms with van der Waals surface area (Å²) >= 11 is 3.52. The van der Waals surface area contributed by atoms with Gasteiger partial charge in [-0.05, 0) is 5.56 Å². The molecular weight excluding hydrogens is 160 g/mol. The molecule has 1 aromatic carbocycles. The first kappa shape index (κ1) is 8.30. The molecule has 1 N–H and O–H groups in total. The monoisotopic (exact) mass is 168 g/mol. The molecule has 2 nitrogen and oxygen atoms in total. The minimum Gasteiger partial charge on any atom is -0.380 e. The number of benzene rings is 1. The highest BCUT2D eigenvalue weighted by molar-refractivity contribution is 7.96. The third kappa shape index (κ3) is 2.06. The van der Waals surface area contributed by atoms with E-state index in [0.717, 1.165) is 0 Å². The van der Waals surface area contributed by atoms with Crippen molar-refractivity contribution in [3.8, 4) is 0 Å². The summed E-state index contributed by atoms with van der Waals surface area (Å²) in [6.07, 6.45) is -1.10. The molecule has 0 aliphatic rings. The van der Waals surface area contributed by atoms with Crippen molar-refractivity contribution in [1.82, 2.24) is 0 Å². The minimum absolute atomic E-state index is 0.531. The first-order chi connectivity index (χ1) is 5.22. The minimum atomic E-state index is -1.10. The van der Waals surface area contributed by atoms with E-state index in [4.69, 9.17) is 0 Å². The quantitative estimate of drug-likeness (QED) is 0.650. The largest absolute Gasteiger partial charge is 0.380 e. The highest BCUT2D eigenvalue weighted by Gasteiger charge is 2.11. The Balaban J connectivity index is 2.85. The van der Waals surface area contributed by atoms with Crippen molar-refractivity contribution in [3.05, 3.63) is 35.9 Å². The zero-order valence-corrected chi connectivity index (χ0v) is 6.66. The Kier molecular flexibility index (Phi) is 2.68. The summed E-state index contributed by atoms with van der Waals surface area (Å²) in [6, 6.07) is 8.70. The molecule has 0 unspecified atom stereocenters. The van der Waals surface area contributed by atoms with E-state index in [-0.39, 0.29) is 0 Å². The molecule has 0 bridgehead atoms. The van der Waals surface area contributed by atoms with E-state index in [0.29, 0.717) is 5.56 Å². The summed E-state index contributed by atoms with van der Waals surface area (Å²) in [5, 5.41) is 8.64. The first-order valence-corrected chi connectivity index (χ1v) is 3.62. The molecule has 0 amide bonds. The molecule has 0 radical (unpaired) electrons. The number of carbonyl (C=O) groups is 1. The zero-order chi connectivity index (χ0) is 8.27. The van der Waals surface area contributed by atoms with Crippen LogP contribution >= 0.6 is 12.6 Å². The van der Waals surface area contributed by atoms with Gasteiger partial charge in [-0.3, -0.25) is 4.79 Å². The molecule has 3 heteroatoms. The maximum Gasteiger partial charge on any atom is 0.218 e. The van der Waals surface area contributed by atoms with Gasteiger partial charge in [0.2, 0.25) is 5.12 Å². The Morgan fingerprint density at radius 3 is 2.36 bits per heavy atom. The molecule has 0 aromatic heterocycles. The van der Waals surface area contributed by atoms with Crippen molar-refractivity contribution < 1.29 is 9.90 Å². The normalized spacial score (nSPS) is 12.5. The lowest BCUT2D eigenvalue weighted by molar-refractivity contribution is -0.118. The average Bonchev–Trinajstić information content (AvgIpc) is 2.05. The van der Waals surface area contributed by atoms with Crippen molar-refractivity contribution in [3.63, 3.8) is 0 Å². The van der Waals surface area contributed by atoms with Crippen LogP contribution in [0.5, 0.6) is 0 Å². The Morgan fingerprint density at radius 1 is 1.36 bits per heavy atom. The molecule has 58 valence electrons. The highest BCUT2D eigenvalue weighted by atomic mass is 32.1. The molecule has 0 saturated heterocycles. The van der Waals surface area contributed by atoms with Crippen LogP contribution in [0.3, 0.4) is 0 Å². The molecule has 1 aromatic rings. The molecular formula is C8H8O2S. The summed E-state index contributed by atoms with van der Waals surface area (Å²) in [4.78, 5) is 10.6. The van der Waals surface area contributed by atoms with Crippen LogP contribution in [0.1, 0.15) is 11.7 Å². The Bertz CT molecular complexity index is 246. The van der Waals surface area contributed by atoms with Gasteiger partial charge in [0.15, 0.2) is 0 Å². The van der Waals surface area contributed by atoms with Gasteiger partial charge in [0.1, 0.15) is 6.10 Å². The van der Waals surface area contributed by atoms with Gasteiger partial charge in [0, 0.05) is 0 Å². The molecule has 11 heavy (non-hydrogen) atoms. The molecule has 0 spiro atoms. The predicted octanol–water partition coefficient (Wildman–Crippen LogP) is 1.18. The van der Waals surface area contributed by atoms with Crippen LogP contribution in [0.2, 0.25) is 0 Å². The van der Waals surface area contributed by atoms with Crippen molar-refractivity contribution in [1.29, 1.82) is 0 Å². The molecule has 0 aliphatic heterocycles. The SMILES string of the molecule is O=C(S)[C@H](O)c1ccccc1. The second-order valence-electron chi connectivity index (χ2n) is 2.15. The van der Waals surface area contributed by atoms with Gasteiger partial charge in [0.05, 0.1) is 0 Å². The van der Waals surface area contributed by atoms with Crippen LogP contribution in [-0.2, 0) is 4.79 Å². The number of aliphatic hydroxyl groups is 1. The van der Waals surface area contributed by atoms with Gasteiger partial charge in [-0.15, -0.1) is 12.6 Å². The second-order valence-corrected chi connectivity index (χ2v) is 2.59. The maximum absolute atomic E-state index is 10.6. The lowest BCUT2D eigenvalue weighted by atomic mass is 10.1. The van der Waals surface area contributed by atoms with Gasteiger partial charge in [-0.1, -0.05) is 30.3 Å². The lowest BCUT2D eigenvalue weighted by Crippen LogP contribution is -2.04. The van der Waals surface area contributed by atoms with Gasteiger partial charge in [-0.2, -0.15) is 0 Å². The van der Waals surface area contributed by atoms with Crippen LogP contribution in [0.4, 0.5) is 0 Å². The van der Waals surface area contributed by atoms with E-state index >= 15 is 0 Å². The van der Waals surface area contributed by atoms with E-state index in [1.54, 1.807) is 24.3 Å². The molecule has 1 rings (SSSR count). The second kappa shape index (κ2) is 3.55. The molecule has 0 aliphatic carbocycles. The fraction of sp³-hybridized carbons (Fsp3) is 0.125. The van der Waals surface area contributed by atoms with Gasteiger partial charge < -0.3 is 5.11 Å². The van der Waals surface area contributed by atoms with E-state index < -0.39 is 11.2 Å². The summed E-state index contributed by atoms with van der Waals surface area (Å²) in [5.41, 5.74) is 0.576. The standard InChI is InChI=1S/C8H8O2S/c9-7(8(10)11)6-4-2-1-3-5-6/h1-5,7,9H,(H,10,11)/t7-/m1/s1. The topological polar surface area (TPSA) is 37.3 Å². The predicted molar refractivity (Wildman–Crippen MR) is 45.4 cm³/mol. The van der Waals surface area contributed by atoms with Crippen LogP contribution in [0.25, 0.3) is 0 Å². The molecule has 0 saturated carbocycles. The fourth-order valence-corrected chi connectivity index (χ4v) is 0.927.